The van der Waals surface area contributed by atoms with Crippen LogP contribution in [0.2, 0.25) is 0 Å². The highest BCUT2D eigenvalue weighted by Gasteiger charge is 1.99. The normalized spacial score (nSPS) is 10.0. The fourth-order valence-electron chi connectivity index (χ4n) is 1.17. The maximum absolute atomic E-state index is 11.2. The molecule has 0 saturated carbocycles. The lowest BCUT2D eigenvalue weighted by Gasteiger charge is -2.09. The number of carbonyl (C=O) groups is 1. The first-order chi connectivity index (χ1) is 8.26. The second-order valence-electron chi connectivity index (χ2n) is 3.43. The Kier molecular flexibility index (Phi) is 6.06. The minimum atomic E-state index is -0.0116. The second-order valence-corrected chi connectivity index (χ2v) is 3.43. The molecule has 0 bridgehead atoms. The molecule has 0 atom stereocenters. The summed E-state index contributed by atoms with van der Waals surface area (Å²) in [5.41, 5.74) is 4.31. The molecule has 0 fully saturated rings. The van der Waals surface area contributed by atoms with E-state index < -0.39 is 0 Å². The lowest BCUT2D eigenvalue weighted by atomic mass is 10.3. The van der Waals surface area contributed by atoms with Gasteiger partial charge in [0.05, 0.1) is 18.9 Å². The van der Waals surface area contributed by atoms with Gasteiger partial charge in [-0.15, -0.1) is 0 Å². The number of rotatable bonds is 7. The van der Waals surface area contributed by atoms with E-state index in [1.165, 1.54) is 0 Å². The van der Waals surface area contributed by atoms with Crippen molar-refractivity contribution >= 4 is 17.3 Å². The van der Waals surface area contributed by atoms with E-state index in [9.17, 15) is 4.79 Å². The van der Waals surface area contributed by atoms with Crippen LogP contribution in [0.25, 0.3) is 0 Å². The fourth-order valence-corrected chi connectivity index (χ4v) is 1.17. The average Bonchev–Trinajstić information content (AvgIpc) is 2.35. The molecule has 1 rings (SSSR count). The van der Waals surface area contributed by atoms with Gasteiger partial charge in [-0.25, -0.2) is 0 Å². The number of ether oxygens (including phenoxy) is 1. The Morgan fingerprint density at radius 1 is 1.29 bits per heavy atom. The highest BCUT2D eigenvalue weighted by Crippen LogP contribution is 2.15. The van der Waals surface area contributed by atoms with Crippen LogP contribution in [0.5, 0.6) is 0 Å². The number of benzene rings is 1. The van der Waals surface area contributed by atoms with E-state index in [0.717, 1.165) is 11.4 Å². The summed E-state index contributed by atoms with van der Waals surface area (Å²) >= 11 is 0. The van der Waals surface area contributed by atoms with Gasteiger partial charge in [-0.1, -0.05) is 13.0 Å². The molecule has 0 spiro atoms. The highest BCUT2D eigenvalue weighted by molar-refractivity contribution is 5.90. The van der Waals surface area contributed by atoms with Gasteiger partial charge >= 0.3 is 0 Å². The van der Waals surface area contributed by atoms with E-state index in [0.29, 0.717) is 19.6 Å². The standard InChI is InChI=1S/C12H18N2O3/c1-3-12(15)13-10-5-4-6-11(9-10)14-17-8-7-16-2/h4-6,9,14H,3,7-8H2,1-2H3,(H,13,15). The Morgan fingerprint density at radius 3 is 2.76 bits per heavy atom. The molecule has 0 saturated heterocycles. The number of methoxy groups -OCH3 is 1. The predicted octanol–water partition coefficient (Wildman–Crippen LogP) is 2.02. The molecular weight excluding hydrogens is 220 g/mol. The van der Waals surface area contributed by atoms with Crippen LogP contribution in [-0.4, -0.2) is 26.2 Å². The van der Waals surface area contributed by atoms with Crippen LogP contribution < -0.4 is 10.8 Å². The number of amides is 1. The minimum Gasteiger partial charge on any atom is -0.382 e. The summed E-state index contributed by atoms with van der Waals surface area (Å²) in [4.78, 5) is 16.4. The van der Waals surface area contributed by atoms with Crippen molar-refractivity contribution in [3.8, 4) is 0 Å². The number of hydrogen-bond donors (Lipinski definition) is 2. The zero-order valence-corrected chi connectivity index (χ0v) is 10.2. The van der Waals surface area contributed by atoms with Crippen LogP contribution in [0, 0.1) is 0 Å². The van der Waals surface area contributed by atoms with E-state index in [-0.39, 0.29) is 5.91 Å². The van der Waals surface area contributed by atoms with Crippen molar-refractivity contribution in [1.82, 2.24) is 0 Å². The summed E-state index contributed by atoms with van der Waals surface area (Å²) in [6.07, 6.45) is 0.460. The third-order valence-electron chi connectivity index (χ3n) is 2.05. The van der Waals surface area contributed by atoms with Crippen LogP contribution in [0.4, 0.5) is 11.4 Å². The van der Waals surface area contributed by atoms with Crippen LogP contribution in [0.1, 0.15) is 13.3 Å². The van der Waals surface area contributed by atoms with Crippen molar-refractivity contribution in [2.24, 2.45) is 0 Å². The first kappa shape index (κ1) is 13.5. The topological polar surface area (TPSA) is 59.6 Å². The predicted molar refractivity (Wildman–Crippen MR) is 66.8 cm³/mol. The van der Waals surface area contributed by atoms with Crippen LogP contribution in [0.3, 0.4) is 0 Å². The molecule has 1 aromatic carbocycles. The van der Waals surface area contributed by atoms with E-state index >= 15 is 0 Å². The van der Waals surface area contributed by atoms with Crippen LogP contribution in [-0.2, 0) is 14.4 Å². The molecule has 0 aromatic heterocycles. The van der Waals surface area contributed by atoms with Gasteiger partial charge in [0, 0.05) is 19.2 Å². The Balaban J connectivity index is 2.45. The maximum Gasteiger partial charge on any atom is 0.224 e. The van der Waals surface area contributed by atoms with Crippen LogP contribution >= 0.6 is 0 Å². The molecule has 0 heterocycles. The SMILES string of the molecule is CCC(=O)Nc1cccc(NOCCOC)c1. The minimum absolute atomic E-state index is 0.0116. The second kappa shape index (κ2) is 7.65. The van der Waals surface area contributed by atoms with Crippen molar-refractivity contribution in [1.29, 1.82) is 0 Å². The van der Waals surface area contributed by atoms with Crippen molar-refractivity contribution in [2.75, 3.05) is 31.1 Å². The molecule has 1 aromatic rings. The zero-order chi connectivity index (χ0) is 12.5. The lowest BCUT2D eigenvalue weighted by molar-refractivity contribution is -0.115. The summed E-state index contributed by atoms with van der Waals surface area (Å²) in [5.74, 6) is -0.0116. The third kappa shape index (κ3) is 5.33. The quantitative estimate of drug-likeness (QED) is 0.563. The van der Waals surface area contributed by atoms with Gasteiger partial charge in [0.15, 0.2) is 0 Å². The molecule has 0 aliphatic rings. The van der Waals surface area contributed by atoms with Gasteiger partial charge in [-0.05, 0) is 18.2 Å². The van der Waals surface area contributed by atoms with Gasteiger partial charge in [0.2, 0.25) is 5.91 Å². The number of hydrogen-bond acceptors (Lipinski definition) is 4. The summed E-state index contributed by atoms with van der Waals surface area (Å²) < 4.78 is 4.85. The molecular formula is C12H18N2O3. The van der Waals surface area contributed by atoms with Crippen molar-refractivity contribution in [2.45, 2.75) is 13.3 Å². The zero-order valence-electron chi connectivity index (χ0n) is 10.2. The summed E-state index contributed by atoms with van der Waals surface area (Å²) in [7, 11) is 1.62. The van der Waals surface area contributed by atoms with Crippen LogP contribution in [0.15, 0.2) is 24.3 Å². The molecule has 2 N–H and O–H groups in total. The molecule has 0 unspecified atom stereocenters. The van der Waals surface area contributed by atoms with Gasteiger partial charge in [-0.3, -0.25) is 15.1 Å². The largest absolute Gasteiger partial charge is 0.382 e. The number of carbonyl (C=O) groups excluding carboxylic acids is 1. The van der Waals surface area contributed by atoms with Gasteiger partial charge in [0.25, 0.3) is 0 Å². The smallest absolute Gasteiger partial charge is 0.224 e. The molecule has 5 heteroatoms. The molecule has 0 radical (unpaired) electrons. The van der Waals surface area contributed by atoms with Gasteiger partial charge in [0.1, 0.15) is 0 Å². The monoisotopic (exact) mass is 238 g/mol. The summed E-state index contributed by atoms with van der Waals surface area (Å²) in [6, 6.07) is 7.33. The summed E-state index contributed by atoms with van der Waals surface area (Å²) in [5, 5.41) is 2.77. The Bertz CT molecular complexity index is 355. The highest BCUT2D eigenvalue weighted by atomic mass is 16.7. The van der Waals surface area contributed by atoms with Crippen molar-refractivity contribution < 1.29 is 14.4 Å². The van der Waals surface area contributed by atoms with E-state index in [2.05, 4.69) is 10.8 Å². The van der Waals surface area contributed by atoms with E-state index in [1.807, 2.05) is 25.1 Å². The summed E-state index contributed by atoms with van der Waals surface area (Å²) in [6.45, 7) is 2.80. The molecule has 5 nitrogen and oxygen atoms in total. The Labute approximate surface area is 101 Å². The maximum atomic E-state index is 11.2. The van der Waals surface area contributed by atoms with E-state index in [4.69, 9.17) is 9.57 Å². The molecule has 94 valence electrons. The molecule has 0 aliphatic heterocycles. The van der Waals surface area contributed by atoms with E-state index in [1.54, 1.807) is 13.2 Å². The fraction of sp³-hybridized carbons (Fsp3) is 0.417. The average molecular weight is 238 g/mol. The first-order valence-electron chi connectivity index (χ1n) is 5.53. The van der Waals surface area contributed by atoms with Gasteiger partial charge in [-0.2, -0.15) is 0 Å². The van der Waals surface area contributed by atoms with Crippen molar-refractivity contribution in [3.63, 3.8) is 0 Å². The number of nitrogens with one attached hydrogen (secondary N) is 2. The van der Waals surface area contributed by atoms with Gasteiger partial charge < -0.3 is 10.1 Å². The van der Waals surface area contributed by atoms with Crippen molar-refractivity contribution in [3.05, 3.63) is 24.3 Å². The third-order valence-corrected chi connectivity index (χ3v) is 2.05. The Hall–Kier alpha value is -1.59. The molecule has 1 amide bonds. The first-order valence-corrected chi connectivity index (χ1v) is 5.53. The molecule has 17 heavy (non-hydrogen) atoms. The Morgan fingerprint density at radius 2 is 2.06 bits per heavy atom. The lowest BCUT2D eigenvalue weighted by Crippen LogP contribution is -2.10. The molecule has 0 aliphatic carbocycles. The number of anilines is 2.